The summed E-state index contributed by atoms with van der Waals surface area (Å²) in [5.41, 5.74) is -7.93. The molecule has 0 aromatic heterocycles. The van der Waals surface area contributed by atoms with Crippen molar-refractivity contribution in [1.82, 2.24) is 0 Å². The number of carbonyl (C=O) groups excluding carboxylic acids is 3. The molecule has 47 atom stereocenters. The number of aliphatic hydroxyl groups is 23. The number of hydrogen-bond donors (Lipinski definition) is 23. The van der Waals surface area contributed by atoms with Gasteiger partial charge in [-0.3, -0.25) is 4.79 Å². The Kier molecular flexibility index (Phi) is 35.3. The molecule has 0 amide bonds. The summed E-state index contributed by atoms with van der Waals surface area (Å²) in [5.74, 6) is -4.69. The van der Waals surface area contributed by atoms with Crippen LogP contribution in [-0.2, 0) is 99.6 Å². The molecule has 0 radical (unpaired) electrons. The van der Waals surface area contributed by atoms with E-state index in [1.165, 1.54) is 52.0 Å². The van der Waals surface area contributed by atoms with Crippen LogP contribution < -0.4 is 0 Å². The number of aliphatic hydroxyl groups excluding tert-OH is 21. The molecule has 138 heavy (non-hydrogen) atoms. The van der Waals surface area contributed by atoms with Gasteiger partial charge in [0.05, 0.1) is 99.6 Å². The Bertz CT molecular complexity index is 4210. The van der Waals surface area contributed by atoms with Crippen molar-refractivity contribution < 1.29 is 217 Å². The molecule has 13 aliphatic rings. The number of carbonyl (C=O) groups is 3. The molecule has 0 spiro atoms. The summed E-state index contributed by atoms with van der Waals surface area (Å²) in [7, 11) is 0. The minimum absolute atomic E-state index is 0.00290. The van der Waals surface area contributed by atoms with Crippen molar-refractivity contribution in [3.05, 3.63) is 60.3 Å². The van der Waals surface area contributed by atoms with Crippen molar-refractivity contribution in [2.45, 2.75) is 404 Å². The van der Waals surface area contributed by atoms with E-state index >= 15 is 4.79 Å². The Hall–Kier alpha value is -4.41. The second-order valence-corrected chi connectivity index (χ2v) is 42.6. The van der Waals surface area contributed by atoms with Crippen LogP contribution in [0.1, 0.15) is 160 Å². The van der Waals surface area contributed by atoms with Crippen molar-refractivity contribution in [1.29, 1.82) is 0 Å². The molecule has 0 bridgehead atoms. The Morgan fingerprint density at radius 1 is 0.442 bits per heavy atom. The van der Waals surface area contributed by atoms with Crippen LogP contribution in [0.15, 0.2) is 60.3 Å². The molecular weight excluding hydrogens is 1830 g/mol. The van der Waals surface area contributed by atoms with E-state index in [4.69, 9.17) is 85.3 Å². The maximum atomic E-state index is 16.6. The fourth-order valence-corrected chi connectivity index (χ4v) is 23.5. The fraction of sp³-hybridized carbons (Fsp3) is 0.862. The molecule has 5 aliphatic carbocycles. The fourth-order valence-electron chi connectivity index (χ4n) is 23.5. The minimum Gasteiger partial charge on any atom is -0.452 e. The number of hydrogen-bond acceptors (Lipinski definition) is 44. The second-order valence-electron chi connectivity index (χ2n) is 42.6. The number of esters is 3. The molecule has 4 saturated carbocycles. The van der Waals surface area contributed by atoms with E-state index in [1.807, 2.05) is 13.8 Å². The van der Waals surface area contributed by atoms with Crippen LogP contribution in [0.25, 0.3) is 0 Å². The molecular formula is C94H148O44. The van der Waals surface area contributed by atoms with Gasteiger partial charge in [0.25, 0.3) is 0 Å². The summed E-state index contributed by atoms with van der Waals surface area (Å²) in [6.45, 7) is 22.2. The van der Waals surface area contributed by atoms with Crippen LogP contribution in [0.4, 0.5) is 0 Å². The van der Waals surface area contributed by atoms with E-state index in [0.29, 0.717) is 44.9 Å². The summed E-state index contributed by atoms with van der Waals surface area (Å²) in [6.07, 6.45) is -56.9. The normalized spacial score (nSPS) is 48.0. The smallest absolute Gasteiger partial charge is 0.336 e. The van der Waals surface area contributed by atoms with E-state index in [0.717, 1.165) is 5.57 Å². The van der Waals surface area contributed by atoms with Crippen LogP contribution in [0.3, 0.4) is 0 Å². The Labute approximate surface area is 799 Å². The van der Waals surface area contributed by atoms with Crippen molar-refractivity contribution in [2.75, 3.05) is 52.9 Å². The van der Waals surface area contributed by atoms with Crippen molar-refractivity contribution >= 4 is 17.9 Å². The van der Waals surface area contributed by atoms with E-state index in [1.54, 1.807) is 0 Å². The number of ether oxygens (including phenoxy) is 18. The molecule has 44 nitrogen and oxygen atoms in total. The van der Waals surface area contributed by atoms with E-state index in [-0.39, 0.29) is 55.9 Å². The molecule has 8 aliphatic heterocycles. The first-order chi connectivity index (χ1) is 64.7. The lowest BCUT2D eigenvalue weighted by atomic mass is 9.33. The zero-order valence-corrected chi connectivity index (χ0v) is 79.7. The lowest BCUT2D eigenvalue weighted by molar-refractivity contribution is -0.381. The maximum absolute atomic E-state index is 16.6. The zero-order chi connectivity index (χ0) is 101. The van der Waals surface area contributed by atoms with Gasteiger partial charge in [-0.1, -0.05) is 84.4 Å². The number of rotatable bonds is 32. The molecule has 13 rings (SSSR count). The van der Waals surface area contributed by atoms with Crippen molar-refractivity contribution in [3.8, 4) is 0 Å². The maximum Gasteiger partial charge on any atom is 0.336 e. The van der Waals surface area contributed by atoms with Gasteiger partial charge in [0.2, 0.25) is 6.29 Å². The van der Waals surface area contributed by atoms with Gasteiger partial charge in [0.1, 0.15) is 146 Å². The van der Waals surface area contributed by atoms with Gasteiger partial charge >= 0.3 is 17.9 Å². The molecule has 0 aromatic rings. The molecule has 0 aromatic carbocycles. The summed E-state index contributed by atoms with van der Waals surface area (Å²) >= 11 is 0. The van der Waals surface area contributed by atoms with Gasteiger partial charge in [0.15, 0.2) is 62.3 Å². The zero-order valence-electron chi connectivity index (χ0n) is 79.7. The van der Waals surface area contributed by atoms with Gasteiger partial charge < -0.3 is 203 Å². The van der Waals surface area contributed by atoms with Gasteiger partial charge in [-0.05, 0) is 156 Å². The predicted molar refractivity (Wildman–Crippen MR) is 466 cm³/mol. The first-order valence-electron chi connectivity index (χ1n) is 47.9. The largest absolute Gasteiger partial charge is 0.452 e. The molecule has 788 valence electrons. The highest BCUT2D eigenvalue weighted by atomic mass is 16.8. The third-order valence-electron chi connectivity index (χ3n) is 32.5. The lowest BCUT2D eigenvalue weighted by Gasteiger charge is -2.72. The molecule has 23 N–H and O–H groups in total. The Morgan fingerprint density at radius 3 is 1.44 bits per heavy atom. The van der Waals surface area contributed by atoms with Gasteiger partial charge in [0, 0.05) is 0 Å². The minimum atomic E-state index is -2.32. The Balaban J connectivity index is 0.792. The predicted octanol–water partition coefficient (Wildman–Crippen LogP) is -4.78. The van der Waals surface area contributed by atoms with Crippen molar-refractivity contribution in [3.63, 3.8) is 0 Å². The first-order valence-corrected chi connectivity index (χ1v) is 47.9. The summed E-state index contributed by atoms with van der Waals surface area (Å²) in [4.78, 5) is 45.2. The summed E-state index contributed by atoms with van der Waals surface area (Å²) in [5, 5.41) is 259. The molecule has 8 heterocycles. The van der Waals surface area contributed by atoms with Crippen LogP contribution in [0.2, 0.25) is 0 Å². The average Bonchev–Trinajstić information content (AvgIpc) is 0.668. The molecule has 44 heteroatoms. The Morgan fingerprint density at radius 2 is 0.899 bits per heavy atom. The molecule has 0 unspecified atom stereocenters. The van der Waals surface area contributed by atoms with Gasteiger partial charge in [-0.15, -0.1) is 13.2 Å². The highest BCUT2D eigenvalue weighted by Gasteiger charge is 2.73. The van der Waals surface area contributed by atoms with Crippen LogP contribution in [0, 0.1) is 50.2 Å². The van der Waals surface area contributed by atoms with Crippen molar-refractivity contribution in [2.24, 2.45) is 50.2 Å². The van der Waals surface area contributed by atoms with E-state index < -0.39 is 359 Å². The average molecular weight is 1980 g/mol. The van der Waals surface area contributed by atoms with E-state index in [9.17, 15) is 127 Å². The molecule has 8 saturated heterocycles. The lowest BCUT2D eigenvalue weighted by Crippen LogP contribution is -2.69. The third kappa shape index (κ3) is 22.1. The number of fused-ring (bicyclic) bond motifs is 7. The quantitative estimate of drug-likeness (QED) is 0.00988. The summed E-state index contributed by atoms with van der Waals surface area (Å²) in [6, 6.07) is 0. The molecule has 12 fully saturated rings. The standard InChI is InChI=1S/C94H148O44/c1-14-89(9,119)24-16-18-42(32-95)76(116)132-72-56(102)40(3)127-83(75(72)133-77(117)43(33-96)19-17-25-90(10,120)15-2)126-39-51-61(107)63(109)74(137-82-68(114)64(110)70(41(4)128-82)134-81-69(115)71(49(100)37-124-81)135-79-66(112)58(104)47(98)35-122-79)85(130-51)138-86(118)94-29-28-87(5,6)30-45(94)44-20-21-53-91(11)26-23-55(88(7,8)52(91)22-27-92(53,12)93(44,13)31-54(94)101)131-84-73(136-80-67(113)59(105)48(99)36-123-80)62(108)60(106)50(129-84)38-125-78-65(111)57(103)46(97)34-121-78/h14-15,18-20,40-41,45-75,78-85,95-115,119-120H,1-2,16-17,21-39H2,3-13H3/b42-18+,43-19+/t40-,41-,45-,46-,47+,48+,49+,50+,51+,52-,53+,54+,55-,56-,57-,58-,59-,60+,61+,62-,63-,64-,65+,66+,67+,68+,69+,70-,71-,72+,73+,74+,75+,78-,79-,80-,81-,82-,83+,84-,85-,89+,90+,91-,92+,93+,94+/m0/s1. The van der Waals surface area contributed by atoms with Crippen LogP contribution in [-0.4, -0.2) is 433 Å². The highest BCUT2D eigenvalue weighted by molar-refractivity contribution is 5.90. The first kappa shape index (κ1) is 111. The van der Waals surface area contributed by atoms with Gasteiger partial charge in [-0.25, -0.2) is 9.59 Å². The number of allylic oxidation sites excluding steroid dienone is 4. The van der Waals surface area contributed by atoms with Crippen LogP contribution in [0.5, 0.6) is 0 Å². The summed E-state index contributed by atoms with van der Waals surface area (Å²) < 4.78 is 110. The van der Waals surface area contributed by atoms with Crippen LogP contribution >= 0.6 is 0 Å². The second kappa shape index (κ2) is 43.9. The third-order valence-corrected chi connectivity index (χ3v) is 32.5. The topological polar surface area (TPSA) is 683 Å². The monoisotopic (exact) mass is 1980 g/mol. The van der Waals surface area contributed by atoms with E-state index in [2.05, 4.69) is 53.9 Å². The van der Waals surface area contributed by atoms with Gasteiger partial charge in [-0.2, -0.15) is 0 Å². The SMILES string of the molecule is C=C[C@@](C)(O)CC/C=C(\CO)C(=O)O[C@@H]1[C@@H](O)[C@H](C)O[C@@H](OC[C@H]2O[C@@H](OC(=O)[C@]34CCC(C)(C)C[C@H]3C3=CC[C@@H]5[C@@]6(C)CC[C@H](O[C@@H]7O[C@H](CO[C@@H]8OC[C@H](O)[C@H](O)[C@H]8O)[C@@H](O)[C@H](O)[C@H]7O[C@@H]7OC[C@@H](O)[C@H](O)[C@H]7O)C(C)(C)[C@@H]6CC[C@@]5(C)[C@]3(C)C[C@H]4O)[C@H](O[C@@H]3O[C@@H](C)[C@H](O[C@@H]4OC[C@@H](O)[C@H](O[C@@H]5OC[C@@H](O)[C@H](O)[C@H]5O)[C@H]4O)[C@@H](O)[C@H]3O)[C@@H](O)[C@@H]2O)[C@@H]1OC(=O)/C(=C/CC[C@](C)(O)C=C)CO. The highest BCUT2D eigenvalue weighted by Crippen LogP contribution is 2.76.